The van der Waals surface area contributed by atoms with Crippen molar-refractivity contribution in [2.24, 2.45) is 0 Å². The van der Waals surface area contributed by atoms with E-state index in [0.717, 1.165) is 17.3 Å². The Morgan fingerprint density at radius 2 is 1.70 bits per heavy atom. The van der Waals surface area contributed by atoms with Gasteiger partial charge in [-0.25, -0.2) is 17.8 Å². The Bertz CT molecular complexity index is 1390. The number of aromatic nitrogens is 2. The van der Waals surface area contributed by atoms with Gasteiger partial charge < -0.3 is 4.74 Å². The average Bonchev–Trinajstić information content (AvgIpc) is 3.28. The summed E-state index contributed by atoms with van der Waals surface area (Å²) in [5, 5.41) is 15.8. The molecule has 0 aliphatic carbocycles. The summed E-state index contributed by atoms with van der Waals surface area (Å²) in [4.78, 5) is 10.2. The topological polar surface area (TPSA) is 116 Å². The van der Waals surface area contributed by atoms with Gasteiger partial charge in [0.2, 0.25) is 10.0 Å². The van der Waals surface area contributed by atoms with Crippen LogP contribution in [0.4, 0.5) is 5.69 Å². The van der Waals surface area contributed by atoms with Crippen LogP contribution in [0.3, 0.4) is 0 Å². The predicted molar refractivity (Wildman–Crippen MR) is 123 cm³/mol. The molecule has 1 aromatic heterocycles. The van der Waals surface area contributed by atoms with Gasteiger partial charge in [-0.15, -0.1) is 0 Å². The number of nitrogens with zero attached hydrogens (tertiary/aromatic N) is 3. The first-order valence-corrected chi connectivity index (χ1v) is 11.4. The maximum atomic E-state index is 13.0. The summed E-state index contributed by atoms with van der Waals surface area (Å²) in [5.74, 6) is 0.0105. The van der Waals surface area contributed by atoms with Gasteiger partial charge in [-0.3, -0.25) is 10.1 Å². The number of non-ortho nitro benzene ring substituents is 1. The lowest BCUT2D eigenvalue weighted by Crippen LogP contribution is -2.24. The Hall–Kier alpha value is -4.02. The Labute approximate surface area is 190 Å². The Balaban J connectivity index is 1.70. The predicted octanol–water partition coefficient (Wildman–Crippen LogP) is 3.93. The van der Waals surface area contributed by atoms with Crippen molar-refractivity contribution in [3.8, 4) is 22.7 Å². The highest BCUT2D eigenvalue weighted by molar-refractivity contribution is 7.89. The number of para-hydroxylation sites is 1. The molecule has 0 saturated carbocycles. The maximum absolute atomic E-state index is 13.0. The number of sulfonamides is 1. The molecule has 0 bridgehead atoms. The second-order valence-corrected chi connectivity index (χ2v) is 8.80. The molecule has 1 heterocycles. The minimum absolute atomic E-state index is 0.0105. The fourth-order valence-corrected chi connectivity index (χ4v) is 4.52. The molecule has 0 aliphatic rings. The van der Waals surface area contributed by atoms with Crippen LogP contribution in [0.15, 0.2) is 90.0 Å². The van der Waals surface area contributed by atoms with Crippen molar-refractivity contribution < 1.29 is 18.1 Å². The van der Waals surface area contributed by atoms with Crippen molar-refractivity contribution in [3.63, 3.8) is 0 Å². The zero-order valence-electron chi connectivity index (χ0n) is 17.6. The number of nitro benzene ring substituents is 1. The van der Waals surface area contributed by atoms with Crippen LogP contribution in [0.2, 0.25) is 0 Å². The molecule has 0 saturated heterocycles. The second kappa shape index (κ2) is 9.23. The van der Waals surface area contributed by atoms with Crippen LogP contribution in [0.5, 0.6) is 5.75 Å². The summed E-state index contributed by atoms with van der Waals surface area (Å²) in [7, 11) is -2.82. The Morgan fingerprint density at radius 1 is 1.03 bits per heavy atom. The number of methoxy groups -OCH3 is 1. The first kappa shape index (κ1) is 22.2. The summed E-state index contributed by atoms with van der Waals surface area (Å²) in [6.45, 7) is -0.0781. The molecular formula is C23H20N4O5S. The molecule has 3 aromatic carbocycles. The number of rotatable bonds is 8. The molecule has 4 aromatic rings. The van der Waals surface area contributed by atoms with Crippen molar-refractivity contribution in [3.05, 3.63) is 101 Å². The van der Waals surface area contributed by atoms with Gasteiger partial charge in [0.15, 0.2) is 0 Å². The van der Waals surface area contributed by atoms with Crippen LogP contribution in [-0.2, 0) is 16.6 Å². The molecule has 0 fully saturated rings. The molecule has 168 valence electrons. The minimum atomic E-state index is -4.13. The minimum Gasteiger partial charge on any atom is -0.495 e. The number of hydrogen-bond acceptors (Lipinski definition) is 6. The zero-order valence-corrected chi connectivity index (χ0v) is 18.4. The van der Waals surface area contributed by atoms with Crippen LogP contribution < -0.4 is 9.46 Å². The van der Waals surface area contributed by atoms with E-state index in [2.05, 4.69) is 9.82 Å². The van der Waals surface area contributed by atoms with Crippen LogP contribution in [-0.4, -0.2) is 30.2 Å². The average molecular weight is 465 g/mol. The van der Waals surface area contributed by atoms with Crippen molar-refractivity contribution in [1.29, 1.82) is 0 Å². The highest BCUT2D eigenvalue weighted by Crippen LogP contribution is 2.29. The van der Waals surface area contributed by atoms with E-state index in [0.29, 0.717) is 11.3 Å². The molecule has 0 aliphatic heterocycles. The summed E-state index contributed by atoms with van der Waals surface area (Å²) in [5.41, 5.74) is 2.56. The SMILES string of the molecule is COc1ccc([N+](=O)[O-])cc1S(=O)(=O)NCc1cn(-c2ccccc2)nc1-c1ccccc1. The third kappa shape index (κ3) is 4.76. The standard InChI is InChI=1S/C23H20N4O5S/c1-32-21-13-12-20(27(28)29)14-22(21)33(30,31)24-15-18-16-26(19-10-6-3-7-11-19)25-23(18)17-8-4-2-5-9-17/h2-14,16,24H,15H2,1H3. The molecule has 0 amide bonds. The fourth-order valence-electron chi connectivity index (χ4n) is 3.33. The lowest BCUT2D eigenvalue weighted by Gasteiger charge is -2.10. The highest BCUT2D eigenvalue weighted by atomic mass is 32.2. The van der Waals surface area contributed by atoms with E-state index in [1.54, 1.807) is 10.9 Å². The van der Waals surface area contributed by atoms with Crippen molar-refractivity contribution in [2.45, 2.75) is 11.4 Å². The monoisotopic (exact) mass is 464 g/mol. The summed E-state index contributed by atoms with van der Waals surface area (Å²) in [6, 6.07) is 22.3. The van der Waals surface area contributed by atoms with Gasteiger partial charge in [-0.05, 0) is 18.2 Å². The molecule has 4 rings (SSSR count). The third-order valence-electron chi connectivity index (χ3n) is 4.96. The quantitative estimate of drug-likeness (QED) is 0.312. The molecule has 0 atom stereocenters. The number of hydrogen-bond donors (Lipinski definition) is 1. The van der Waals surface area contributed by atoms with E-state index < -0.39 is 14.9 Å². The van der Waals surface area contributed by atoms with E-state index in [9.17, 15) is 18.5 Å². The normalized spacial score (nSPS) is 11.3. The van der Waals surface area contributed by atoms with Gasteiger partial charge in [0.25, 0.3) is 5.69 Å². The molecule has 1 N–H and O–H groups in total. The molecule has 0 spiro atoms. The number of nitrogens with one attached hydrogen (secondary N) is 1. The second-order valence-electron chi connectivity index (χ2n) is 7.07. The van der Waals surface area contributed by atoms with Gasteiger partial charge in [-0.1, -0.05) is 48.5 Å². The third-order valence-corrected chi connectivity index (χ3v) is 6.38. The Morgan fingerprint density at radius 3 is 2.33 bits per heavy atom. The molecule has 10 heteroatoms. The maximum Gasteiger partial charge on any atom is 0.271 e. The van der Waals surface area contributed by atoms with Crippen molar-refractivity contribution in [1.82, 2.24) is 14.5 Å². The molecule has 9 nitrogen and oxygen atoms in total. The van der Waals surface area contributed by atoms with Crippen LogP contribution in [0.25, 0.3) is 16.9 Å². The van der Waals surface area contributed by atoms with Gasteiger partial charge in [0, 0.05) is 36.0 Å². The van der Waals surface area contributed by atoms with Crippen LogP contribution in [0.1, 0.15) is 5.56 Å². The van der Waals surface area contributed by atoms with Crippen LogP contribution >= 0.6 is 0 Å². The lowest BCUT2D eigenvalue weighted by molar-refractivity contribution is -0.385. The van der Waals surface area contributed by atoms with Gasteiger partial charge in [0.05, 0.1) is 23.4 Å². The molecule has 0 radical (unpaired) electrons. The first-order chi connectivity index (χ1) is 15.9. The summed E-state index contributed by atoms with van der Waals surface area (Å²) >= 11 is 0. The van der Waals surface area contributed by atoms with E-state index in [-0.39, 0.29) is 22.9 Å². The first-order valence-electron chi connectivity index (χ1n) is 9.90. The van der Waals surface area contributed by atoms with E-state index >= 15 is 0 Å². The van der Waals surface area contributed by atoms with Gasteiger partial charge in [-0.2, -0.15) is 5.10 Å². The van der Waals surface area contributed by atoms with Crippen molar-refractivity contribution >= 4 is 15.7 Å². The summed E-state index contributed by atoms with van der Waals surface area (Å²) < 4.78 is 35.4. The number of benzene rings is 3. The van der Waals surface area contributed by atoms with Crippen molar-refractivity contribution in [2.75, 3.05) is 7.11 Å². The van der Waals surface area contributed by atoms with Gasteiger partial charge >= 0.3 is 0 Å². The zero-order chi connectivity index (χ0) is 23.4. The summed E-state index contributed by atoms with van der Waals surface area (Å²) in [6.07, 6.45) is 1.75. The molecular weight excluding hydrogens is 444 g/mol. The molecule has 33 heavy (non-hydrogen) atoms. The fraction of sp³-hybridized carbons (Fsp3) is 0.0870. The largest absolute Gasteiger partial charge is 0.495 e. The molecule has 0 unspecified atom stereocenters. The van der Waals surface area contributed by atoms with Crippen LogP contribution in [0, 0.1) is 10.1 Å². The highest BCUT2D eigenvalue weighted by Gasteiger charge is 2.24. The Kier molecular flexibility index (Phi) is 6.20. The van der Waals surface area contributed by atoms with Gasteiger partial charge in [0.1, 0.15) is 10.6 Å². The van der Waals surface area contributed by atoms with E-state index in [1.807, 2.05) is 60.7 Å². The van der Waals surface area contributed by atoms with E-state index in [1.165, 1.54) is 19.2 Å². The smallest absolute Gasteiger partial charge is 0.271 e. The van der Waals surface area contributed by atoms with E-state index in [4.69, 9.17) is 4.74 Å². The lowest BCUT2D eigenvalue weighted by atomic mass is 10.1. The number of nitro groups is 1. The number of ether oxygens (including phenoxy) is 1.